The predicted octanol–water partition coefficient (Wildman–Crippen LogP) is 4.89. The summed E-state index contributed by atoms with van der Waals surface area (Å²) >= 11 is 6.16. The van der Waals surface area contributed by atoms with Crippen molar-refractivity contribution in [3.8, 4) is 0 Å². The lowest BCUT2D eigenvalue weighted by atomic mass is 9.90. The minimum absolute atomic E-state index is 0.449. The van der Waals surface area contributed by atoms with Crippen LogP contribution in [0.25, 0.3) is 0 Å². The van der Waals surface area contributed by atoms with E-state index >= 15 is 0 Å². The average molecular weight is 302 g/mol. The molecule has 0 spiro atoms. The first-order valence-corrected chi connectivity index (χ1v) is 7.99. The molecule has 0 saturated heterocycles. The molecule has 0 aliphatic carbocycles. The van der Waals surface area contributed by atoms with Gasteiger partial charge in [0.05, 0.1) is 0 Å². The van der Waals surface area contributed by atoms with Gasteiger partial charge in [-0.2, -0.15) is 0 Å². The monoisotopic (exact) mass is 301 g/mol. The Bertz CT molecular complexity index is 572. The van der Waals surface area contributed by atoms with E-state index in [1.165, 1.54) is 22.3 Å². The number of hydrogen-bond donors (Lipinski definition) is 1. The summed E-state index contributed by atoms with van der Waals surface area (Å²) in [7, 11) is 0. The normalized spacial score (nSPS) is 12.4. The second-order valence-corrected chi connectivity index (χ2v) is 6.20. The number of halogens is 1. The Morgan fingerprint density at radius 1 is 1.05 bits per heavy atom. The van der Waals surface area contributed by atoms with E-state index in [-0.39, 0.29) is 0 Å². The maximum absolute atomic E-state index is 6.16. The zero-order valence-corrected chi connectivity index (χ0v) is 13.9. The van der Waals surface area contributed by atoms with E-state index in [1.807, 2.05) is 12.1 Å². The van der Waals surface area contributed by atoms with Crippen LogP contribution in [0.2, 0.25) is 5.02 Å². The molecule has 0 heterocycles. The van der Waals surface area contributed by atoms with E-state index < -0.39 is 0 Å². The molecule has 0 bridgehead atoms. The van der Waals surface area contributed by atoms with Gasteiger partial charge in [0.1, 0.15) is 0 Å². The maximum atomic E-state index is 6.16. The first-order valence-electron chi connectivity index (χ1n) is 7.62. The Morgan fingerprint density at radius 2 is 1.76 bits per heavy atom. The van der Waals surface area contributed by atoms with E-state index in [0.717, 1.165) is 24.5 Å². The first-order chi connectivity index (χ1) is 10.1. The van der Waals surface area contributed by atoms with E-state index in [0.29, 0.717) is 5.92 Å². The molecule has 21 heavy (non-hydrogen) atoms. The van der Waals surface area contributed by atoms with Crippen molar-refractivity contribution in [1.82, 2.24) is 5.32 Å². The molecule has 0 radical (unpaired) electrons. The number of nitrogens with one attached hydrogen (secondary N) is 1. The first kappa shape index (κ1) is 16.1. The van der Waals surface area contributed by atoms with E-state index in [9.17, 15) is 0 Å². The standard InChI is InChI=1S/C19H24ClN/c1-4-21-13-18(17-6-5-7-19(20)12-17)11-16-9-14(2)8-15(3)10-16/h5-10,12,18,21H,4,11,13H2,1-3H3. The second kappa shape index (κ2) is 7.63. The zero-order valence-electron chi connectivity index (χ0n) is 13.1. The molecule has 2 rings (SSSR count). The molecule has 2 aromatic rings. The molecule has 0 fully saturated rings. The van der Waals surface area contributed by atoms with Gasteiger partial charge in [-0.05, 0) is 50.1 Å². The van der Waals surface area contributed by atoms with Gasteiger partial charge in [-0.3, -0.25) is 0 Å². The lowest BCUT2D eigenvalue weighted by molar-refractivity contribution is 0.595. The Kier molecular flexibility index (Phi) is 5.84. The predicted molar refractivity (Wildman–Crippen MR) is 92.4 cm³/mol. The minimum atomic E-state index is 0.449. The number of rotatable bonds is 6. The molecular formula is C19H24ClN. The second-order valence-electron chi connectivity index (χ2n) is 5.76. The minimum Gasteiger partial charge on any atom is -0.316 e. The summed E-state index contributed by atoms with van der Waals surface area (Å²) in [6, 6.07) is 15.0. The largest absolute Gasteiger partial charge is 0.316 e. The van der Waals surface area contributed by atoms with Crippen molar-refractivity contribution in [3.63, 3.8) is 0 Å². The third kappa shape index (κ3) is 4.87. The van der Waals surface area contributed by atoms with Gasteiger partial charge in [0.15, 0.2) is 0 Å². The number of benzene rings is 2. The molecule has 0 aliphatic rings. The maximum Gasteiger partial charge on any atom is 0.0408 e. The van der Waals surface area contributed by atoms with Gasteiger partial charge < -0.3 is 5.32 Å². The van der Waals surface area contributed by atoms with Gasteiger partial charge in [0.25, 0.3) is 0 Å². The van der Waals surface area contributed by atoms with Crippen molar-refractivity contribution >= 4 is 11.6 Å². The number of aryl methyl sites for hydroxylation is 2. The van der Waals surface area contributed by atoms with Crippen molar-refractivity contribution in [2.45, 2.75) is 33.1 Å². The van der Waals surface area contributed by atoms with Crippen molar-refractivity contribution in [2.24, 2.45) is 0 Å². The van der Waals surface area contributed by atoms with Crippen LogP contribution >= 0.6 is 11.6 Å². The fraction of sp³-hybridized carbons (Fsp3) is 0.368. The van der Waals surface area contributed by atoms with Gasteiger partial charge in [-0.15, -0.1) is 0 Å². The van der Waals surface area contributed by atoms with Crippen molar-refractivity contribution in [3.05, 3.63) is 69.7 Å². The Hall–Kier alpha value is -1.31. The van der Waals surface area contributed by atoms with Crippen molar-refractivity contribution in [2.75, 3.05) is 13.1 Å². The molecule has 0 aliphatic heterocycles. The third-order valence-electron chi connectivity index (χ3n) is 3.72. The molecule has 0 amide bonds. The third-order valence-corrected chi connectivity index (χ3v) is 3.96. The summed E-state index contributed by atoms with van der Waals surface area (Å²) < 4.78 is 0. The van der Waals surface area contributed by atoms with Crippen LogP contribution in [0.15, 0.2) is 42.5 Å². The van der Waals surface area contributed by atoms with Crippen molar-refractivity contribution in [1.29, 1.82) is 0 Å². The van der Waals surface area contributed by atoms with E-state index in [4.69, 9.17) is 11.6 Å². The van der Waals surface area contributed by atoms with Crippen LogP contribution in [0.5, 0.6) is 0 Å². The fourth-order valence-corrected chi connectivity index (χ4v) is 3.06. The smallest absolute Gasteiger partial charge is 0.0408 e. The van der Waals surface area contributed by atoms with Crippen LogP contribution in [-0.2, 0) is 6.42 Å². The summed E-state index contributed by atoms with van der Waals surface area (Å²) in [6.07, 6.45) is 1.04. The van der Waals surface area contributed by atoms with Gasteiger partial charge in [-0.1, -0.05) is 60.0 Å². The molecule has 0 aromatic heterocycles. The highest BCUT2D eigenvalue weighted by atomic mass is 35.5. The molecule has 2 aromatic carbocycles. The molecule has 1 nitrogen and oxygen atoms in total. The summed E-state index contributed by atoms with van der Waals surface area (Å²) in [5.74, 6) is 0.449. The van der Waals surface area contributed by atoms with Gasteiger partial charge in [-0.25, -0.2) is 0 Å². The summed E-state index contributed by atoms with van der Waals surface area (Å²) in [5.41, 5.74) is 5.37. The average Bonchev–Trinajstić information content (AvgIpc) is 2.42. The highest BCUT2D eigenvalue weighted by Crippen LogP contribution is 2.24. The molecule has 2 heteroatoms. The SMILES string of the molecule is CCNCC(Cc1cc(C)cc(C)c1)c1cccc(Cl)c1. The van der Waals surface area contributed by atoms with Crippen LogP contribution in [-0.4, -0.2) is 13.1 Å². The number of likely N-dealkylation sites (N-methyl/N-ethyl adjacent to an activating group) is 1. The lowest BCUT2D eigenvalue weighted by Crippen LogP contribution is -2.22. The highest BCUT2D eigenvalue weighted by Gasteiger charge is 2.13. The topological polar surface area (TPSA) is 12.0 Å². The Morgan fingerprint density at radius 3 is 2.38 bits per heavy atom. The zero-order chi connectivity index (χ0) is 15.2. The van der Waals surface area contributed by atoms with E-state index in [2.05, 4.69) is 56.4 Å². The molecular weight excluding hydrogens is 278 g/mol. The molecule has 1 atom stereocenters. The quantitative estimate of drug-likeness (QED) is 0.801. The highest BCUT2D eigenvalue weighted by molar-refractivity contribution is 6.30. The molecule has 0 saturated carbocycles. The lowest BCUT2D eigenvalue weighted by Gasteiger charge is -2.19. The van der Waals surface area contributed by atoms with Crippen LogP contribution in [0.1, 0.15) is 35.1 Å². The molecule has 112 valence electrons. The van der Waals surface area contributed by atoms with Crippen LogP contribution in [0.4, 0.5) is 0 Å². The Balaban J connectivity index is 2.23. The molecule has 1 N–H and O–H groups in total. The number of hydrogen-bond acceptors (Lipinski definition) is 1. The summed E-state index contributed by atoms with van der Waals surface area (Å²) in [5, 5.41) is 4.29. The van der Waals surface area contributed by atoms with Gasteiger partial charge in [0.2, 0.25) is 0 Å². The van der Waals surface area contributed by atoms with E-state index in [1.54, 1.807) is 0 Å². The molecule has 1 unspecified atom stereocenters. The van der Waals surface area contributed by atoms with Gasteiger partial charge >= 0.3 is 0 Å². The van der Waals surface area contributed by atoms with Crippen LogP contribution in [0, 0.1) is 13.8 Å². The summed E-state index contributed by atoms with van der Waals surface area (Å²) in [4.78, 5) is 0. The Labute approximate surface area is 133 Å². The van der Waals surface area contributed by atoms with Crippen molar-refractivity contribution < 1.29 is 0 Å². The summed E-state index contributed by atoms with van der Waals surface area (Å²) in [6.45, 7) is 8.43. The fourth-order valence-electron chi connectivity index (χ4n) is 2.86. The van der Waals surface area contributed by atoms with Crippen LogP contribution < -0.4 is 5.32 Å². The van der Waals surface area contributed by atoms with Gasteiger partial charge in [0, 0.05) is 17.5 Å². The van der Waals surface area contributed by atoms with Crippen LogP contribution in [0.3, 0.4) is 0 Å².